The Balaban J connectivity index is 1.52. The van der Waals surface area contributed by atoms with Gasteiger partial charge in [0.15, 0.2) is 0 Å². The van der Waals surface area contributed by atoms with E-state index in [4.69, 9.17) is 0 Å². The quantitative estimate of drug-likeness (QED) is 0.328. The van der Waals surface area contributed by atoms with Crippen LogP contribution in [0, 0.1) is 0 Å². The number of amides is 3. The minimum Gasteiger partial charge on any atom is -0.350 e. The summed E-state index contributed by atoms with van der Waals surface area (Å²) in [6.07, 6.45) is 1.24. The Hall–Kier alpha value is -4.71. The average molecular weight is 518 g/mol. The van der Waals surface area contributed by atoms with Gasteiger partial charge in [-0.3, -0.25) is 14.4 Å². The predicted molar refractivity (Wildman–Crippen MR) is 152 cm³/mol. The summed E-state index contributed by atoms with van der Waals surface area (Å²) < 4.78 is 0. The Kier molecular flexibility index (Phi) is 8.12. The van der Waals surface area contributed by atoms with E-state index in [0.717, 1.165) is 16.7 Å². The van der Waals surface area contributed by atoms with E-state index in [1.807, 2.05) is 91.0 Å². The van der Waals surface area contributed by atoms with Gasteiger partial charge in [0, 0.05) is 13.0 Å². The molecule has 39 heavy (non-hydrogen) atoms. The van der Waals surface area contributed by atoms with E-state index >= 15 is 0 Å². The van der Waals surface area contributed by atoms with Gasteiger partial charge in [0.1, 0.15) is 12.1 Å². The summed E-state index contributed by atoms with van der Waals surface area (Å²) >= 11 is 0. The van der Waals surface area contributed by atoms with Crippen molar-refractivity contribution < 1.29 is 14.4 Å². The monoisotopic (exact) mass is 517 g/mol. The number of carbonyl (C=O) groups excluding carboxylic acids is 3. The third-order valence-corrected chi connectivity index (χ3v) is 7.06. The van der Waals surface area contributed by atoms with Crippen molar-refractivity contribution in [3.05, 3.63) is 138 Å². The summed E-state index contributed by atoms with van der Waals surface area (Å²) in [4.78, 5) is 43.2. The highest BCUT2D eigenvalue weighted by atomic mass is 16.2. The van der Waals surface area contributed by atoms with Gasteiger partial charge in [0.25, 0.3) is 5.91 Å². The minimum atomic E-state index is -0.865. The highest BCUT2D eigenvalue weighted by Gasteiger charge is 2.41. The molecule has 1 heterocycles. The zero-order valence-corrected chi connectivity index (χ0v) is 21.6. The van der Waals surface area contributed by atoms with Crippen molar-refractivity contribution >= 4 is 23.4 Å². The highest BCUT2D eigenvalue weighted by Crippen LogP contribution is 2.28. The number of fused-ring (bicyclic) bond motifs is 1. The van der Waals surface area contributed by atoms with Gasteiger partial charge >= 0.3 is 0 Å². The Labute approximate surface area is 228 Å². The van der Waals surface area contributed by atoms with Gasteiger partial charge in [-0.15, -0.1) is 0 Å². The van der Waals surface area contributed by atoms with Crippen LogP contribution in [-0.2, 0) is 29.0 Å². The third kappa shape index (κ3) is 6.24. The zero-order valence-electron chi connectivity index (χ0n) is 21.6. The first-order chi connectivity index (χ1) is 19.1. The first kappa shape index (κ1) is 25.9. The van der Waals surface area contributed by atoms with E-state index in [9.17, 15) is 14.4 Å². The summed E-state index contributed by atoms with van der Waals surface area (Å²) in [6.45, 7) is 0.329. The molecule has 0 spiro atoms. The van der Waals surface area contributed by atoms with Crippen molar-refractivity contribution in [2.75, 3.05) is 5.32 Å². The molecule has 4 aromatic rings. The molecule has 4 aromatic carbocycles. The molecule has 1 unspecified atom stereocenters. The second kappa shape index (κ2) is 12.2. The lowest BCUT2D eigenvalue weighted by molar-refractivity contribution is -0.129. The maximum absolute atomic E-state index is 14.2. The molecule has 5 rings (SSSR count). The number of nitrogens with one attached hydrogen (secondary N) is 2. The Morgan fingerprint density at radius 1 is 0.744 bits per heavy atom. The molecule has 0 saturated heterocycles. The SMILES string of the molecule is O=C1Nc2ccccc2C(=O)N([C@@H](CCc2ccccc2)C(=O)NCc2ccccc2)C1Cc1ccccc1. The topological polar surface area (TPSA) is 78.5 Å². The van der Waals surface area contributed by atoms with E-state index in [1.54, 1.807) is 24.3 Å². The second-order valence-electron chi connectivity index (χ2n) is 9.70. The van der Waals surface area contributed by atoms with Crippen molar-refractivity contribution in [2.45, 2.75) is 37.9 Å². The van der Waals surface area contributed by atoms with Crippen molar-refractivity contribution in [3.8, 4) is 0 Å². The lowest BCUT2D eigenvalue weighted by Gasteiger charge is -2.35. The number of rotatable bonds is 9. The Morgan fingerprint density at radius 3 is 1.97 bits per heavy atom. The van der Waals surface area contributed by atoms with Gasteiger partial charge in [0.2, 0.25) is 11.8 Å². The number of hydrogen-bond acceptors (Lipinski definition) is 3. The highest BCUT2D eigenvalue weighted by molar-refractivity contribution is 6.11. The molecule has 0 aromatic heterocycles. The number of para-hydroxylation sites is 1. The molecular formula is C33H31N3O3. The summed E-state index contributed by atoms with van der Waals surface area (Å²) in [5, 5.41) is 5.98. The minimum absolute atomic E-state index is 0.284. The normalized spacial score (nSPS) is 15.6. The molecule has 0 bridgehead atoms. The fourth-order valence-electron chi connectivity index (χ4n) is 5.04. The number of carbonyl (C=O) groups is 3. The molecule has 196 valence electrons. The Morgan fingerprint density at radius 2 is 1.31 bits per heavy atom. The van der Waals surface area contributed by atoms with Crippen LogP contribution in [0.2, 0.25) is 0 Å². The number of anilines is 1. The van der Waals surface area contributed by atoms with Crippen LogP contribution in [0.15, 0.2) is 115 Å². The van der Waals surface area contributed by atoms with Gasteiger partial charge in [-0.1, -0.05) is 103 Å². The summed E-state index contributed by atoms with van der Waals surface area (Å²) in [5.41, 5.74) is 3.76. The van der Waals surface area contributed by atoms with E-state index < -0.39 is 12.1 Å². The van der Waals surface area contributed by atoms with Crippen LogP contribution in [0.4, 0.5) is 5.69 Å². The summed E-state index contributed by atoms with van der Waals surface area (Å²) in [7, 11) is 0. The summed E-state index contributed by atoms with van der Waals surface area (Å²) in [5.74, 6) is -0.927. The van der Waals surface area contributed by atoms with E-state index in [1.165, 1.54) is 4.90 Å². The predicted octanol–water partition coefficient (Wildman–Crippen LogP) is 5.01. The van der Waals surface area contributed by atoms with Crippen LogP contribution in [0.3, 0.4) is 0 Å². The zero-order chi connectivity index (χ0) is 27.0. The van der Waals surface area contributed by atoms with E-state index in [2.05, 4.69) is 10.6 Å². The van der Waals surface area contributed by atoms with Gasteiger partial charge in [-0.05, 0) is 41.7 Å². The standard InChI is InChI=1S/C33H31N3O3/c37-31(34-23-26-16-8-3-9-17-26)29(21-20-24-12-4-1-5-13-24)36-30(22-25-14-6-2-7-15-25)32(38)35-28-19-11-10-18-27(28)33(36)39/h1-19,29-30H,20-23H2,(H,34,37)(H,35,38)/t29-,30?/m0/s1. The molecule has 0 fully saturated rings. The fraction of sp³-hybridized carbons (Fsp3) is 0.182. The van der Waals surface area contributed by atoms with Crippen molar-refractivity contribution in [3.63, 3.8) is 0 Å². The fourth-order valence-corrected chi connectivity index (χ4v) is 5.04. The number of aryl methyl sites for hydroxylation is 1. The maximum Gasteiger partial charge on any atom is 0.257 e. The molecule has 1 aliphatic rings. The largest absolute Gasteiger partial charge is 0.350 e. The molecule has 0 saturated carbocycles. The Bertz CT molecular complexity index is 1420. The molecule has 2 N–H and O–H groups in total. The maximum atomic E-state index is 14.2. The molecule has 1 aliphatic heterocycles. The number of nitrogens with zero attached hydrogens (tertiary/aromatic N) is 1. The molecule has 2 atom stereocenters. The van der Waals surface area contributed by atoms with Crippen LogP contribution < -0.4 is 10.6 Å². The van der Waals surface area contributed by atoms with Crippen molar-refractivity contribution in [1.82, 2.24) is 10.2 Å². The first-order valence-corrected chi connectivity index (χ1v) is 13.2. The molecule has 0 radical (unpaired) electrons. The average Bonchev–Trinajstić information content (AvgIpc) is 3.08. The van der Waals surface area contributed by atoms with Gasteiger partial charge in [-0.2, -0.15) is 0 Å². The van der Waals surface area contributed by atoms with Crippen LogP contribution in [0.25, 0.3) is 0 Å². The molecular weight excluding hydrogens is 486 g/mol. The number of benzene rings is 4. The van der Waals surface area contributed by atoms with E-state index in [0.29, 0.717) is 37.1 Å². The van der Waals surface area contributed by atoms with Crippen molar-refractivity contribution in [1.29, 1.82) is 0 Å². The first-order valence-electron chi connectivity index (χ1n) is 13.2. The smallest absolute Gasteiger partial charge is 0.257 e. The van der Waals surface area contributed by atoms with Crippen LogP contribution >= 0.6 is 0 Å². The van der Waals surface area contributed by atoms with E-state index in [-0.39, 0.29) is 17.7 Å². The van der Waals surface area contributed by atoms with Gasteiger partial charge < -0.3 is 15.5 Å². The lowest BCUT2D eigenvalue weighted by Crippen LogP contribution is -2.57. The number of hydrogen-bond donors (Lipinski definition) is 2. The molecule has 3 amide bonds. The van der Waals surface area contributed by atoms with Crippen molar-refractivity contribution in [2.24, 2.45) is 0 Å². The van der Waals surface area contributed by atoms with Gasteiger partial charge in [-0.25, -0.2) is 0 Å². The molecule has 6 nitrogen and oxygen atoms in total. The lowest BCUT2D eigenvalue weighted by atomic mass is 9.97. The molecule has 0 aliphatic carbocycles. The molecule has 6 heteroatoms. The van der Waals surface area contributed by atoms with Crippen LogP contribution in [0.1, 0.15) is 33.5 Å². The van der Waals surface area contributed by atoms with Crippen LogP contribution in [-0.4, -0.2) is 34.7 Å². The summed E-state index contributed by atoms with van der Waals surface area (Å²) in [6, 6.07) is 34.4. The third-order valence-electron chi connectivity index (χ3n) is 7.06. The second-order valence-corrected chi connectivity index (χ2v) is 9.70. The van der Waals surface area contributed by atoms with Crippen LogP contribution in [0.5, 0.6) is 0 Å². The van der Waals surface area contributed by atoms with Gasteiger partial charge in [0.05, 0.1) is 11.3 Å².